The maximum Gasteiger partial charge on any atom is 0.265 e. The molecular formula is C18H19ClN2O3S. The van der Waals surface area contributed by atoms with E-state index in [0.29, 0.717) is 25.2 Å². The zero-order valence-corrected chi connectivity index (χ0v) is 15.4. The number of sulfonamides is 1. The van der Waals surface area contributed by atoms with Gasteiger partial charge in [0.25, 0.3) is 15.9 Å². The SMILES string of the molecule is CCCNC(=O)c1ccc(Cl)c(S(=O)(=O)N2CCc3ccccc32)c1. The highest BCUT2D eigenvalue weighted by Crippen LogP contribution is 2.35. The molecule has 7 heteroatoms. The minimum absolute atomic E-state index is 0.0463. The van der Waals surface area contributed by atoms with Gasteiger partial charge >= 0.3 is 0 Å². The number of halogens is 1. The van der Waals surface area contributed by atoms with Crippen LogP contribution in [0, 0.1) is 0 Å². The fourth-order valence-corrected chi connectivity index (χ4v) is 4.87. The number of anilines is 1. The monoisotopic (exact) mass is 378 g/mol. The Bertz CT molecular complexity index is 912. The van der Waals surface area contributed by atoms with Crippen LogP contribution in [0.4, 0.5) is 5.69 Å². The molecule has 1 heterocycles. The van der Waals surface area contributed by atoms with Crippen molar-refractivity contribution in [3.8, 4) is 0 Å². The van der Waals surface area contributed by atoms with Crippen LogP contribution in [0.3, 0.4) is 0 Å². The number of hydrogen-bond acceptors (Lipinski definition) is 3. The first kappa shape index (κ1) is 17.8. The summed E-state index contributed by atoms with van der Waals surface area (Å²) in [7, 11) is -3.84. The second-order valence-electron chi connectivity index (χ2n) is 5.86. The second-order valence-corrected chi connectivity index (χ2v) is 8.09. The Kier molecular flexibility index (Phi) is 5.01. The average Bonchev–Trinajstić information content (AvgIpc) is 3.04. The number of para-hydroxylation sites is 1. The highest BCUT2D eigenvalue weighted by atomic mass is 35.5. The summed E-state index contributed by atoms with van der Waals surface area (Å²) < 4.78 is 27.6. The fourth-order valence-electron chi connectivity index (χ4n) is 2.86. The van der Waals surface area contributed by atoms with Gasteiger partial charge in [-0.15, -0.1) is 0 Å². The van der Waals surface area contributed by atoms with Crippen LogP contribution in [-0.4, -0.2) is 27.4 Å². The lowest BCUT2D eigenvalue weighted by Crippen LogP contribution is -2.30. The van der Waals surface area contributed by atoms with Gasteiger partial charge < -0.3 is 5.32 Å². The first-order chi connectivity index (χ1) is 11.9. The molecule has 3 rings (SSSR count). The standard InChI is InChI=1S/C18H19ClN2O3S/c1-2-10-20-18(22)14-7-8-15(19)17(12-14)25(23,24)21-11-9-13-5-3-4-6-16(13)21/h3-8,12H,2,9-11H2,1H3,(H,20,22). The largest absolute Gasteiger partial charge is 0.352 e. The van der Waals surface area contributed by atoms with Crippen LogP contribution >= 0.6 is 11.6 Å². The maximum atomic E-state index is 13.1. The number of carbonyl (C=O) groups is 1. The van der Waals surface area contributed by atoms with E-state index in [1.54, 1.807) is 6.07 Å². The number of fused-ring (bicyclic) bond motifs is 1. The summed E-state index contributed by atoms with van der Waals surface area (Å²) in [6.07, 6.45) is 1.46. The van der Waals surface area contributed by atoms with Gasteiger partial charge in [-0.25, -0.2) is 8.42 Å². The van der Waals surface area contributed by atoms with Crippen LogP contribution < -0.4 is 9.62 Å². The van der Waals surface area contributed by atoms with Crippen LogP contribution in [-0.2, 0) is 16.4 Å². The van der Waals surface area contributed by atoms with E-state index < -0.39 is 10.0 Å². The summed E-state index contributed by atoms with van der Waals surface area (Å²) in [5.41, 5.74) is 1.93. The predicted octanol–water partition coefficient (Wildman–Crippen LogP) is 3.23. The average molecular weight is 379 g/mol. The molecule has 0 fully saturated rings. The maximum absolute atomic E-state index is 13.1. The predicted molar refractivity (Wildman–Crippen MR) is 98.8 cm³/mol. The molecule has 2 aromatic carbocycles. The molecule has 0 aromatic heterocycles. The van der Waals surface area contributed by atoms with E-state index in [2.05, 4.69) is 5.32 Å². The van der Waals surface area contributed by atoms with Crippen molar-refractivity contribution in [1.82, 2.24) is 5.32 Å². The Labute approximate surface area is 152 Å². The summed E-state index contributed by atoms with van der Waals surface area (Å²) in [6, 6.07) is 11.7. The van der Waals surface area contributed by atoms with E-state index in [1.807, 2.05) is 25.1 Å². The van der Waals surface area contributed by atoms with E-state index in [4.69, 9.17) is 11.6 Å². The fraction of sp³-hybridized carbons (Fsp3) is 0.278. The third kappa shape index (κ3) is 3.37. The number of hydrogen-bond donors (Lipinski definition) is 1. The van der Waals surface area contributed by atoms with Gasteiger partial charge in [-0.1, -0.05) is 36.7 Å². The second kappa shape index (κ2) is 7.06. The first-order valence-corrected chi connectivity index (χ1v) is 9.95. The van der Waals surface area contributed by atoms with Gasteiger partial charge in [-0.3, -0.25) is 9.10 Å². The summed E-state index contributed by atoms with van der Waals surface area (Å²) in [5, 5.41) is 2.85. The van der Waals surface area contributed by atoms with Gasteiger partial charge in [0.1, 0.15) is 4.90 Å². The smallest absolute Gasteiger partial charge is 0.265 e. The van der Waals surface area contributed by atoms with Crippen LogP contribution in [0.25, 0.3) is 0 Å². The van der Waals surface area contributed by atoms with Gasteiger partial charge in [-0.05, 0) is 42.7 Å². The topological polar surface area (TPSA) is 66.5 Å². The molecule has 0 radical (unpaired) electrons. The molecule has 1 N–H and O–H groups in total. The molecule has 25 heavy (non-hydrogen) atoms. The van der Waals surface area contributed by atoms with E-state index in [9.17, 15) is 13.2 Å². The minimum Gasteiger partial charge on any atom is -0.352 e. The Hall–Kier alpha value is -2.05. The minimum atomic E-state index is -3.84. The third-order valence-electron chi connectivity index (χ3n) is 4.14. The molecule has 0 atom stereocenters. The Morgan fingerprint density at radius 1 is 1.24 bits per heavy atom. The molecule has 1 aliphatic rings. The summed E-state index contributed by atoms with van der Waals surface area (Å²) in [6.45, 7) is 2.84. The highest BCUT2D eigenvalue weighted by Gasteiger charge is 2.32. The van der Waals surface area contributed by atoms with Gasteiger partial charge in [-0.2, -0.15) is 0 Å². The molecule has 1 amide bonds. The molecule has 0 aliphatic carbocycles. The number of nitrogens with one attached hydrogen (secondary N) is 1. The third-order valence-corrected chi connectivity index (χ3v) is 6.44. The van der Waals surface area contributed by atoms with Crippen LogP contribution in [0.5, 0.6) is 0 Å². The Morgan fingerprint density at radius 2 is 2.00 bits per heavy atom. The molecule has 2 aromatic rings. The van der Waals surface area contributed by atoms with Crippen LogP contribution in [0.15, 0.2) is 47.4 Å². The van der Waals surface area contributed by atoms with Crippen molar-refractivity contribution in [3.63, 3.8) is 0 Å². The summed E-state index contributed by atoms with van der Waals surface area (Å²) in [5.74, 6) is -0.309. The van der Waals surface area contributed by atoms with Gasteiger partial charge in [0, 0.05) is 18.7 Å². The number of rotatable bonds is 5. The molecule has 132 valence electrons. The van der Waals surface area contributed by atoms with E-state index >= 15 is 0 Å². The highest BCUT2D eigenvalue weighted by molar-refractivity contribution is 7.93. The van der Waals surface area contributed by atoms with Gasteiger partial charge in [0.15, 0.2) is 0 Å². The number of carbonyl (C=O) groups excluding carboxylic acids is 1. The molecule has 0 spiro atoms. The van der Waals surface area contributed by atoms with E-state index in [-0.39, 0.29) is 21.4 Å². The molecule has 5 nitrogen and oxygen atoms in total. The van der Waals surface area contributed by atoms with Gasteiger partial charge in [0.2, 0.25) is 0 Å². The zero-order chi connectivity index (χ0) is 18.0. The van der Waals surface area contributed by atoms with Crippen molar-refractivity contribution in [2.24, 2.45) is 0 Å². The zero-order valence-electron chi connectivity index (χ0n) is 13.8. The van der Waals surface area contributed by atoms with E-state index in [0.717, 1.165) is 12.0 Å². The van der Waals surface area contributed by atoms with Crippen LogP contribution in [0.2, 0.25) is 5.02 Å². The van der Waals surface area contributed by atoms with Crippen molar-refractivity contribution in [1.29, 1.82) is 0 Å². The first-order valence-electron chi connectivity index (χ1n) is 8.13. The number of benzene rings is 2. The van der Waals surface area contributed by atoms with Crippen molar-refractivity contribution >= 4 is 33.2 Å². The Balaban J connectivity index is 1.99. The quantitative estimate of drug-likeness (QED) is 0.868. The number of amides is 1. The van der Waals surface area contributed by atoms with Crippen molar-refractivity contribution in [2.75, 3.05) is 17.4 Å². The van der Waals surface area contributed by atoms with Crippen molar-refractivity contribution in [2.45, 2.75) is 24.7 Å². The van der Waals surface area contributed by atoms with Crippen LogP contribution in [0.1, 0.15) is 29.3 Å². The lowest BCUT2D eigenvalue weighted by molar-refractivity contribution is 0.0953. The number of nitrogens with zero attached hydrogens (tertiary/aromatic N) is 1. The summed E-state index contributed by atoms with van der Waals surface area (Å²) in [4.78, 5) is 12.1. The van der Waals surface area contributed by atoms with Crippen molar-refractivity contribution < 1.29 is 13.2 Å². The lowest BCUT2D eigenvalue weighted by Gasteiger charge is -2.20. The molecule has 0 bridgehead atoms. The normalized spacial score (nSPS) is 13.6. The van der Waals surface area contributed by atoms with Crippen molar-refractivity contribution in [3.05, 3.63) is 58.6 Å². The summed E-state index contributed by atoms with van der Waals surface area (Å²) >= 11 is 6.16. The Morgan fingerprint density at radius 3 is 2.76 bits per heavy atom. The molecule has 0 saturated carbocycles. The van der Waals surface area contributed by atoms with E-state index in [1.165, 1.54) is 22.5 Å². The molecule has 0 saturated heterocycles. The van der Waals surface area contributed by atoms with Gasteiger partial charge in [0.05, 0.1) is 10.7 Å². The molecular weight excluding hydrogens is 360 g/mol. The molecule has 0 unspecified atom stereocenters. The molecule has 1 aliphatic heterocycles. The lowest BCUT2D eigenvalue weighted by atomic mass is 10.2.